The third-order valence-electron chi connectivity index (χ3n) is 9.64. The molecule has 312 valence electrons. The van der Waals surface area contributed by atoms with Gasteiger partial charge in [-0.3, -0.25) is 24.0 Å². The Kier molecular flexibility index (Phi) is 15.8. The first kappa shape index (κ1) is 44.4. The van der Waals surface area contributed by atoms with Gasteiger partial charge in [0.1, 0.15) is 24.2 Å². The molecule has 0 radical (unpaired) electrons. The van der Waals surface area contributed by atoms with E-state index in [0.29, 0.717) is 23.1 Å². The van der Waals surface area contributed by atoms with Crippen LogP contribution in [0.3, 0.4) is 0 Å². The van der Waals surface area contributed by atoms with Crippen molar-refractivity contribution in [3.8, 4) is 5.75 Å². The molecule has 0 saturated carbocycles. The first-order valence-electron chi connectivity index (χ1n) is 19.3. The number of hydrogen-bond donors (Lipinski definition) is 7. The summed E-state index contributed by atoms with van der Waals surface area (Å²) in [6.45, 7) is 3.36. The standard InChI is InChI=1S/C44H46N5O10P/c1-27(2)19-36(46-40(51)25-45-26-50)41(52)47-37(23-29-11-15-31-7-3-5-9-33(31)20-29)42(53)48-38(24-30-12-16-32-8-4-6-10-34(32)21-30)43(54)49-39(44(55)56)22-28-13-17-35(18-14-28)59-60(57)58/h3-18,20-21,26-27,36-39H,19,22-25H2,1-2H3,(H6-,45,46,47,48,49,50,51,52,53,54,55,56,57,58)/p+1/t36-,37?,38?,39?/m1/s1. The fraction of sp³-hybridized carbons (Fsp3) is 0.273. The van der Waals surface area contributed by atoms with Crippen LogP contribution in [0.15, 0.2) is 109 Å². The normalized spacial score (nSPS) is 13.3. The number of amides is 5. The molecule has 5 rings (SSSR count). The highest BCUT2D eigenvalue weighted by Gasteiger charge is 2.32. The van der Waals surface area contributed by atoms with Crippen molar-refractivity contribution in [1.82, 2.24) is 26.6 Å². The second-order valence-electron chi connectivity index (χ2n) is 14.7. The van der Waals surface area contributed by atoms with Gasteiger partial charge in [0, 0.05) is 23.8 Å². The van der Waals surface area contributed by atoms with Gasteiger partial charge in [0.25, 0.3) is 0 Å². The van der Waals surface area contributed by atoms with Crippen molar-refractivity contribution in [2.45, 2.75) is 63.7 Å². The van der Waals surface area contributed by atoms with E-state index >= 15 is 0 Å². The zero-order valence-electron chi connectivity index (χ0n) is 33.0. The van der Waals surface area contributed by atoms with Crippen molar-refractivity contribution < 1.29 is 47.9 Å². The van der Waals surface area contributed by atoms with Crippen LogP contribution in [0, 0.1) is 5.92 Å². The zero-order valence-corrected chi connectivity index (χ0v) is 33.9. The van der Waals surface area contributed by atoms with Gasteiger partial charge in [0.15, 0.2) is 5.75 Å². The van der Waals surface area contributed by atoms with Crippen molar-refractivity contribution in [2.24, 2.45) is 5.92 Å². The Morgan fingerprint density at radius 3 is 1.53 bits per heavy atom. The summed E-state index contributed by atoms with van der Waals surface area (Å²) in [6.07, 6.45) is 0.345. The quantitative estimate of drug-likeness (QED) is 0.0417. The molecule has 0 bridgehead atoms. The number of fused-ring (bicyclic) bond motifs is 2. The molecule has 7 N–H and O–H groups in total. The number of aliphatic carboxylic acids is 1. The molecule has 15 nitrogen and oxygen atoms in total. The number of hydrogen-bond acceptors (Lipinski definition) is 8. The van der Waals surface area contributed by atoms with Crippen molar-refractivity contribution >= 4 is 65.8 Å². The number of carboxylic acid groups (broad SMARTS) is 1. The van der Waals surface area contributed by atoms with Gasteiger partial charge in [0.05, 0.1) is 6.54 Å². The summed E-state index contributed by atoms with van der Waals surface area (Å²) in [6, 6.07) is 27.0. The first-order valence-corrected chi connectivity index (χ1v) is 20.4. The highest BCUT2D eigenvalue weighted by atomic mass is 31.1. The minimum absolute atomic E-state index is 0.0102. The highest BCUT2D eigenvalue weighted by Crippen LogP contribution is 2.24. The van der Waals surface area contributed by atoms with E-state index in [1.807, 2.05) is 92.7 Å². The van der Waals surface area contributed by atoms with Crippen LogP contribution in [0.5, 0.6) is 5.75 Å². The van der Waals surface area contributed by atoms with Gasteiger partial charge < -0.3 is 31.7 Å². The monoisotopic (exact) mass is 836 g/mol. The van der Waals surface area contributed by atoms with E-state index in [0.717, 1.165) is 21.5 Å². The largest absolute Gasteiger partial charge is 0.747 e. The summed E-state index contributed by atoms with van der Waals surface area (Å²) in [5.41, 5.74) is 1.83. The van der Waals surface area contributed by atoms with E-state index in [2.05, 4.69) is 26.6 Å². The molecule has 0 aromatic heterocycles. The Morgan fingerprint density at radius 2 is 1.07 bits per heavy atom. The summed E-state index contributed by atoms with van der Waals surface area (Å²) in [7, 11) is -2.90. The van der Waals surface area contributed by atoms with E-state index in [4.69, 9.17) is 9.42 Å². The van der Waals surface area contributed by atoms with Crippen LogP contribution in [-0.4, -0.2) is 76.7 Å². The molecule has 0 aliphatic rings. The molecular weight excluding hydrogens is 789 g/mol. The molecule has 0 fully saturated rings. The summed E-state index contributed by atoms with van der Waals surface area (Å²) in [4.78, 5) is 87.6. The van der Waals surface area contributed by atoms with Gasteiger partial charge in [-0.2, -0.15) is 0 Å². The predicted molar refractivity (Wildman–Crippen MR) is 225 cm³/mol. The molecule has 5 aromatic carbocycles. The maximum Gasteiger partial charge on any atom is 0.747 e. The Hall–Kier alpha value is -6.70. The van der Waals surface area contributed by atoms with Gasteiger partial charge in [0.2, 0.25) is 30.0 Å². The predicted octanol–water partition coefficient (Wildman–Crippen LogP) is 3.87. The molecule has 16 heteroatoms. The molecule has 0 saturated heterocycles. The second kappa shape index (κ2) is 21.3. The van der Waals surface area contributed by atoms with Gasteiger partial charge in [-0.25, -0.2) is 9.32 Å². The van der Waals surface area contributed by atoms with Gasteiger partial charge >= 0.3 is 14.2 Å². The number of nitrogens with one attached hydrogen (secondary N) is 5. The average Bonchev–Trinajstić information content (AvgIpc) is 3.22. The van der Waals surface area contributed by atoms with E-state index in [-0.39, 0.29) is 43.9 Å². The van der Waals surface area contributed by atoms with Crippen LogP contribution in [0.2, 0.25) is 0 Å². The molecule has 0 heterocycles. The van der Waals surface area contributed by atoms with E-state index in [1.54, 1.807) is 6.07 Å². The number of carbonyl (C=O) groups excluding carboxylic acids is 5. The molecule has 5 amide bonds. The van der Waals surface area contributed by atoms with E-state index < -0.39 is 62.0 Å². The summed E-state index contributed by atoms with van der Waals surface area (Å²) in [5, 5.41) is 26.9. The van der Waals surface area contributed by atoms with Crippen molar-refractivity contribution in [3.63, 3.8) is 0 Å². The number of carboxylic acids is 1. The lowest BCUT2D eigenvalue weighted by atomic mass is 9.98. The number of benzene rings is 5. The van der Waals surface area contributed by atoms with Crippen molar-refractivity contribution in [3.05, 3.63) is 126 Å². The third kappa shape index (κ3) is 13.2. The molecule has 0 aliphatic heterocycles. The Labute approximate surface area is 347 Å². The van der Waals surface area contributed by atoms with Crippen LogP contribution in [0.4, 0.5) is 0 Å². The molecule has 5 atom stereocenters. The topological polar surface area (TPSA) is 229 Å². The van der Waals surface area contributed by atoms with E-state index in [1.165, 1.54) is 24.3 Å². The third-order valence-corrected chi connectivity index (χ3v) is 10.0. The maximum atomic E-state index is 14.5. The number of carbonyl (C=O) groups is 6. The van der Waals surface area contributed by atoms with Crippen LogP contribution < -0.4 is 31.1 Å². The molecule has 0 aliphatic carbocycles. The van der Waals surface area contributed by atoms with Crippen LogP contribution in [0.25, 0.3) is 21.5 Å². The van der Waals surface area contributed by atoms with Gasteiger partial charge in [-0.05, 0) is 62.7 Å². The maximum absolute atomic E-state index is 14.5. The molecule has 60 heavy (non-hydrogen) atoms. The fourth-order valence-corrected chi connectivity index (χ4v) is 7.04. The van der Waals surface area contributed by atoms with E-state index in [9.17, 15) is 38.4 Å². The van der Waals surface area contributed by atoms with Gasteiger partial charge in [-0.15, -0.1) is 4.89 Å². The SMILES string of the molecule is CC(C)C[C@@H](NC(=O)CNC=O)C(=O)NC(Cc1ccc2ccccc2c1)C(=O)NC(Cc1ccc2ccccc2c1)C(=O)NC(Cc1ccc(O[P+](=O)O)cc1)C(=O)O. The van der Waals surface area contributed by atoms with Crippen LogP contribution in [-0.2, 0) is 52.6 Å². The lowest BCUT2D eigenvalue weighted by Crippen LogP contribution is -2.59. The molecule has 0 spiro atoms. The van der Waals surface area contributed by atoms with Crippen molar-refractivity contribution in [2.75, 3.05) is 6.54 Å². The number of rotatable bonds is 21. The van der Waals surface area contributed by atoms with Crippen LogP contribution in [0.1, 0.15) is 37.0 Å². The van der Waals surface area contributed by atoms with Gasteiger partial charge in [-0.1, -0.05) is 111 Å². The first-order chi connectivity index (χ1) is 28.8. The highest BCUT2D eigenvalue weighted by molar-refractivity contribution is 7.32. The zero-order chi connectivity index (χ0) is 43.2. The second-order valence-corrected chi connectivity index (χ2v) is 15.4. The molecule has 4 unspecified atom stereocenters. The average molecular weight is 837 g/mol. The summed E-state index contributed by atoms with van der Waals surface area (Å²) < 4.78 is 15.9. The minimum Gasteiger partial charge on any atom is -0.480 e. The molecule has 5 aromatic rings. The van der Waals surface area contributed by atoms with Crippen LogP contribution >= 0.6 is 8.25 Å². The summed E-state index contributed by atoms with van der Waals surface area (Å²) in [5.74, 6) is -4.11. The Balaban J connectivity index is 1.45. The Morgan fingerprint density at radius 1 is 0.617 bits per heavy atom. The summed E-state index contributed by atoms with van der Waals surface area (Å²) >= 11 is 0. The molecular formula is C44H47N5O10P+. The minimum atomic E-state index is -2.90. The van der Waals surface area contributed by atoms with Crippen molar-refractivity contribution in [1.29, 1.82) is 0 Å². The Bertz CT molecular complexity index is 2360. The smallest absolute Gasteiger partial charge is 0.480 e. The lowest BCUT2D eigenvalue weighted by Gasteiger charge is -2.27. The fourth-order valence-electron chi connectivity index (χ4n) is 6.73. The lowest BCUT2D eigenvalue weighted by molar-refractivity contribution is -0.142.